The summed E-state index contributed by atoms with van der Waals surface area (Å²) in [4.78, 5) is 17.0. The Kier molecular flexibility index (Phi) is 7.14. The summed E-state index contributed by atoms with van der Waals surface area (Å²) < 4.78 is 6.26. The van der Waals surface area contributed by atoms with Crippen molar-refractivity contribution in [1.82, 2.24) is 20.2 Å². The highest BCUT2D eigenvalue weighted by Crippen LogP contribution is 2.37. The van der Waals surface area contributed by atoms with E-state index in [1.807, 2.05) is 12.1 Å². The number of nitriles is 1. The number of benzene rings is 2. The zero-order valence-electron chi connectivity index (χ0n) is 21.9. The van der Waals surface area contributed by atoms with E-state index < -0.39 is 0 Å². The molecule has 2 aromatic carbocycles. The standard InChI is InChI=1S/C29H34ClN7O/c1-35-13-4-7-22(35)18-38-29-33-25-17-37(26-9-3-6-20-5-2-8-24(30)27(20)26)16-12-23(25)28(34-29)36-14-10-21(11-15-36)32-19-31/h2-3,5-6,8-9,21-22,32H,4,7,10-18H2,1H3/t22-/m0/s1. The summed E-state index contributed by atoms with van der Waals surface area (Å²) in [6, 6.07) is 13.5. The van der Waals surface area contributed by atoms with Crippen molar-refractivity contribution in [3.8, 4) is 12.2 Å². The molecule has 198 valence electrons. The lowest BCUT2D eigenvalue weighted by molar-refractivity contribution is 0.187. The molecule has 0 unspecified atom stereocenters. The van der Waals surface area contributed by atoms with Gasteiger partial charge in [-0.3, -0.25) is 0 Å². The SMILES string of the molecule is CN1CCC[C@H]1COc1nc2c(c(N3CCC(NC#N)CC3)n1)CCN(c1cccc3cccc(Cl)c13)C2. The maximum atomic E-state index is 9.04. The van der Waals surface area contributed by atoms with Gasteiger partial charge >= 0.3 is 6.01 Å². The Morgan fingerprint density at radius 3 is 2.63 bits per heavy atom. The van der Waals surface area contributed by atoms with E-state index in [9.17, 15) is 0 Å². The van der Waals surface area contributed by atoms with Crippen LogP contribution in [0.5, 0.6) is 6.01 Å². The number of piperidine rings is 1. The van der Waals surface area contributed by atoms with Crippen molar-refractivity contribution >= 4 is 33.9 Å². The molecule has 0 amide bonds. The second-order valence-electron chi connectivity index (χ2n) is 10.6. The Morgan fingerprint density at radius 2 is 1.87 bits per heavy atom. The molecule has 2 saturated heterocycles. The van der Waals surface area contributed by atoms with E-state index in [4.69, 9.17) is 31.6 Å². The average Bonchev–Trinajstić information content (AvgIpc) is 3.36. The molecule has 4 heterocycles. The molecule has 3 aromatic rings. The van der Waals surface area contributed by atoms with E-state index in [2.05, 4.69) is 57.5 Å². The third kappa shape index (κ3) is 4.93. The fraction of sp³-hybridized carbons (Fsp3) is 0.483. The molecule has 3 aliphatic heterocycles. The van der Waals surface area contributed by atoms with Crippen molar-refractivity contribution in [2.75, 3.05) is 49.6 Å². The molecule has 0 radical (unpaired) electrons. The van der Waals surface area contributed by atoms with Gasteiger partial charge in [0.2, 0.25) is 0 Å². The summed E-state index contributed by atoms with van der Waals surface area (Å²) in [5.74, 6) is 0.996. The molecule has 8 nitrogen and oxygen atoms in total. The van der Waals surface area contributed by atoms with Crippen molar-refractivity contribution in [2.24, 2.45) is 0 Å². The summed E-state index contributed by atoms with van der Waals surface area (Å²) in [7, 11) is 2.16. The van der Waals surface area contributed by atoms with Gasteiger partial charge in [0, 0.05) is 48.4 Å². The van der Waals surface area contributed by atoms with Crippen molar-refractivity contribution in [3.05, 3.63) is 52.7 Å². The largest absolute Gasteiger partial charge is 0.462 e. The van der Waals surface area contributed by atoms with Crippen molar-refractivity contribution in [1.29, 1.82) is 5.26 Å². The van der Waals surface area contributed by atoms with Gasteiger partial charge in [0.15, 0.2) is 6.19 Å². The molecule has 0 bridgehead atoms. The molecule has 1 N–H and O–H groups in total. The number of fused-ring (bicyclic) bond motifs is 2. The van der Waals surface area contributed by atoms with Crippen LogP contribution in [0.4, 0.5) is 11.5 Å². The number of hydrogen-bond donors (Lipinski definition) is 1. The third-order valence-corrected chi connectivity index (χ3v) is 8.65. The number of aromatic nitrogens is 2. The van der Waals surface area contributed by atoms with Crippen LogP contribution in [0.1, 0.15) is 36.9 Å². The van der Waals surface area contributed by atoms with E-state index >= 15 is 0 Å². The summed E-state index contributed by atoms with van der Waals surface area (Å²) in [6.07, 6.45) is 7.13. The van der Waals surface area contributed by atoms with Gasteiger partial charge in [-0.25, -0.2) is 0 Å². The van der Waals surface area contributed by atoms with Gasteiger partial charge in [0.05, 0.1) is 17.3 Å². The molecule has 0 aliphatic carbocycles. The zero-order chi connectivity index (χ0) is 26.1. The van der Waals surface area contributed by atoms with Gasteiger partial charge in [-0.15, -0.1) is 0 Å². The van der Waals surface area contributed by atoms with Gasteiger partial charge < -0.3 is 24.8 Å². The first-order valence-electron chi connectivity index (χ1n) is 13.7. The normalized spacial score (nSPS) is 20.4. The van der Waals surface area contributed by atoms with Crippen LogP contribution in [0.25, 0.3) is 10.8 Å². The molecule has 1 atom stereocenters. The van der Waals surface area contributed by atoms with Crippen LogP contribution in [-0.2, 0) is 13.0 Å². The van der Waals surface area contributed by atoms with Crippen molar-refractivity contribution in [2.45, 2.75) is 50.7 Å². The van der Waals surface area contributed by atoms with Gasteiger partial charge in [0.1, 0.15) is 12.4 Å². The highest BCUT2D eigenvalue weighted by Gasteiger charge is 2.29. The molecule has 6 rings (SSSR count). The molecule has 3 aliphatic rings. The van der Waals surface area contributed by atoms with Crippen LogP contribution in [0, 0.1) is 11.5 Å². The maximum Gasteiger partial charge on any atom is 0.318 e. The minimum Gasteiger partial charge on any atom is -0.462 e. The minimum absolute atomic E-state index is 0.231. The van der Waals surface area contributed by atoms with E-state index in [0.717, 1.165) is 84.9 Å². The quantitative estimate of drug-likeness (QED) is 0.371. The van der Waals surface area contributed by atoms with Crippen LogP contribution < -0.4 is 19.9 Å². The lowest BCUT2D eigenvalue weighted by Crippen LogP contribution is -2.42. The second kappa shape index (κ2) is 10.8. The topological polar surface area (TPSA) is 80.5 Å². The van der Waals surface area contributed by atoms with Crippen molar-refractivity contribution < 1.29 is 4.74 Å². The molecule has 2 fully saturated rings. The molecular weight excluding hydrogens is 498 g/mol. The number of rotatable bonds is 6. The number of likely N-dealkylation sites (tertiary alicyclic amines) is 1. The van der Waals surface area contributed by atoms with Gasteiger partial charge in [-0.2, -0.15) is 15.2 Å². The summed E-state index contributed by atoms with van der Waals surface area (Å²) in [5.41, 5.74) is 3.37. The Morgan fingerprint density at radius 1 is 1.05 bits per heavy atom. The van der Waals surface area contributed by atoms with Gasteiger partial charge in [-0.05, 0) is 63.2 Å². The number of halogens is 1. The van der Waals surface area contributed by atoms with E-state index in [1.165, 1.54) is 12.0 Å². The summed E-state index contributed by atoms with van der Waals surface area (Å²) in [5, 5.41) is 15.0. The fourth-order valence-corrected chi connectivity index (χ4v) is 6.43. The number of nitrogens with one attached hydrogen (secondary N) is 1. The lowest BCUT2D eigenvalue weighted by Gasteiger charge is -2.36. The molecular formula is C29H34ClN7O. The molecule has 38 heavy (non-hydrogen) atoms. The number of ether oxygens (including phenoxy) is 1. The Bertz CT molecular complexity index is 1350. The predicted molar refractivity (Wildman–Crippen MR) is 151 cm³/mol. The Labute approximate surface area is 229 Å². The van der Waals surface area contributed by atoms with Gasteiger partial charge in [-0.1, -0.05) is 35.9 Å². The first-order valence-corrected chi connectivity index (χ1v) is 14.0. The second-order valence-corrected chi connectivity index (χ2v) is 11.1. The van der Waals surface area contributed by atoms with E-state index in [0.29, 0.717) is 25.2 Å². The summed E-state index contributed by atoms with van der Waals surface area (Å²) >= 11 is 6.67. The van der Waals surface area contributed by atoms with Crippen LogP contribution in [0.15, 0.2) is 36.4 Å². The maximum absolute atomic E-state index is 9.04. The number of anilines is 2. The molecule has 1 aromatic heterocycles. The highest BCUT2D eigenvalue weighted by molar-refractivity contribution is 6.36. The lowest BCUT2D eigenvalue weighted by atomic mass is 10.00. The monoisotopic (exact) mass is 531 g/mol. The van der Waals surface area contributed by atoms with Crippen LogP contribution in [0.2, 0.25) is 5.02 Å². The van der Waals surface area contributed by atoms with E-state index in [-0.39, 0.29) is 6.04 Å². The number of nitrogens with zero attached hydrogens (tertiary/aromatic N) is 6. The fourth-order valence-electron chi connectivity index (χ4n) is 6.15. The van der Waals surface area contributed by atoms with Crippen LogP contribution >= 0.6 is 11.6 Å². The first kappa shape index (κ1) is 25.0. The minimum atomic E-state index is 0.231. The van der Waals surface area contributed by atoms with E-state index in [1.54, 1.807) is 0 Å². The molecule has 0 spiro atoms. The number of hydrogen-bond acceptors (Lipinski definition) is 8. The zero-order valence-corrected chi connectivity index (χ0v) is 22.6. The van der Waals surface area contributed by atoms with Gasteiger partial charge in [0.25, 0.3) is 0 Å². The smallest absolute Gasteiger partial charge is 0.318 e. The third-order valence-electron chi connectivity index (χ3n) is 8.33. The average molecular weight is 532 g/mol. The summed E-state index contributed by atoms with van der Waals surface area (Å²) in [6.45, 7) is 4.98. The highest BCUT2D eigenvalue weighted by atomic mass is 35.5. The molecule has 9 heteroatoms. The first-order chi connectivity index (χ1) is 18.6. The Balaban J connectivity index is 1.31. The number of likely N-dealkylation sites (N-methyl/N-ethyl adjacent to an activating group) is 1. The van der Waals surface area contributed by atoms with Crippen molar-refractivity contribution in [3.63, 3.8) is 0 Å². The van der Waals surface area contributed by atoms with Crippen LogP contribution in [-0.4, -0.2) is 66.8 Å². The molecule has 0 saturated carbocycles. The predicted octanol–water partition coefficient (Wildman–Crippen LogP) is 4.36. The Hall–Kier alpha value is -3.28. The van der Waals surface area contributed by atoms with Crippen LogP contribution in [0.3, 0.4) is 0 Å².